The van der Waals surface area contributed by atoms with Gasteiger partial charge in [0.15, 0.2) is 15.7 Å². The number of nitrogens with zero attached hydrogens (tertiary/aromatic N) is 4. The van der Waals surface area contributed by atoms with Gasteiger partial charge in [-0.3, -0.25) is 0 Å². The summed E-state index contributed by atoms with van der Waals surface area (Å²) in [6.07, 6.45) is 2.44. The zero-order chi connectivity index (χ0) is 28.7. The van der Waals surface area contributed by atoms with E-state index in [1.165, 1.54) is 37.9 Å². The van der Waals surface area contributed by atoms with Crippen molar-refractivity contribution in [2.24, 2.45) is 5.41 Å². The monoisotopic (exact) mass is 584 g/mol. The lowest BCUT2D eigenvalue weighted by molar-refractivity contribution is -0.103. The number of anilines is 4. The number of halogens is 1. The Labute approximate surface area is 241 Å². The minimum absolute atomic E-state index is 0.190. The third-order valence-corrected chi connectivity index (χ3v) is 10.2. The quantitative estimate of drug-likeness (QED) is 0.344. The van der Waals surface area contributed by atoms with Crippen LogP contribution in [0.2, 0.25) is 5.02 Å². The highest BCUT2D eigenvalue weighted by atomic mass is 35.5. The molecule has 0 atom stereocenters. The number of rotatable bonds is 10. The topological polar surface area (TPSA) is 99.7 Å². The molecule has 0 radical (unpaired) electrons. The molecule has 2 fully saturated rings. The SMILES string of the molecule is COc1cc(CCN2CC3(CN(C)C3)C2)c(C)cc1Nc1ncc(Cl)c(Nc2ccccc2S(=O)(=O)C(C)C)n1. The number of aromatic nitrogens is 2. The van der Waals surface area contributed by atoms with Crippen LogP contribution in [0.15, 0.2) is 47.5 Å². The highest BCUT2D eigenvalue weighted by molar-refractivity contribution is 7.92. The van der Waals surface area contributed by atoms with Crippen LogP contribution in [0.5, 0.6) is 5.75 Å². The van der Waals surface area contributed by atoms with Gasteiger partial charge in [-0.25, -0.2) is 13.4 Å². The summed E-state index contributed by atoms with van der Waals surface area (Å²) in [5.41, 5.74) is 4.07. The van der Waals surface area contributed by atoms with Crippen LogP contribution in [0.1, 0.15) is 25.0 Å². The Hall–Kier alpha value is -2.92. The van der Waals surface area contributed by atoms with E-state index in [1.54, 1.807) is 45.2 Å². The maximum Gasteiger partial charge on any atom is 0.229 e. The number of nitrogens with one attached hydrogen (secondary N) is 2. The molecule has 9 nitrogen and oxygen atoms in total. The molecule has 40 heavy (non-hydrogen) atoms. The van der Waals surface area contributed by atoms with Crippen molar-refractivity contribution in [1.82, 2.24) is 19.8 Å². The molecule has 1 aromatic heterocycles. The molecule has 2 saturated heterocycles. The average molecular weight is 585 g/mol. The van der Waals surface area contributed by atoms with Gasteiger partial charge in [-0.2, -0.15) is 4.98 Å². The van der Waals surface area contributed by atoms with E-state index in [0.29, 0.717) is 28.6 Å². The Morgan fingerprint density at radius 1 is 1.10 bits per heavy atom. The Balaban J connectivity index is 1.30. The first-order valence-corrected chi connectivity index (χ1v) is 15.4. The van der Waals surface area contributed by atoms with Gasteiger partial charge >= 0.3 is 0 Å². The summed E-state index contributed by atoms with van der Waals surface area (Å²) in [5.74, 6) is 1.29. The van der Waals surface area contributed by atoms with Gasteiger partial charge in [0.2, 0.25) is 5.95 Å². The Kier molecular flexibility index (Phi) is 7.98. The fourth-order valence-electron chi connectivity index (χ4n) is 5.74. The number of aryl methyl sites for hydroxylation is 1. The fourth-order valence-corrected chi connectivity index (χ4v) is 7.08. The molecule has 11 heteroatoms. The summed E-state index contributed by atoms with van der Waals surface area (Å²) < 4.78 is 31.5. The molecule has 0 amide bonds. The second-order valence-corrected chi connectivity index (χ2v) is 14.2. The van der Waals surface area contributed by atoms with Gasteiger partial charge in [0.25, 0.3) is 0 Å². The van der Waals surface area contributed by atoms with Crippen molar-refractivity contribution in [2.45, 2.75) is 37.3 Å². The Morgan fingerprint density at radius 2 is 1.82 bits per heavy atom. The van der Waals surface area contributed by atoms with Gasteiger partial charge in [0, 0.05) is 38.1 Å². The summed E-state index contributed by atoms with van der Waals surface area (Å²) in [4.78, 5) is 14.0. The van der Waals surface area contributed by atoms with E-state index in [0.717, 1.165) is 24.2 Å². The summed E-state index contributed by atoms with van der Waals surface area (Å²) in [7, 11) is 0.314. The van der Waals surface area contributed by atoms with Crippen LogP contribution in [0.3, 0.4) is 0 Å². The summed E-state index contributed by atoms with van der Waals surface area (Å²) >= 11 is 6.40. The van der Waals surface area contributed by atoms with Crippen molar-refractivity contribution < 1.29 is 13.2 Å². The molecule has 2 aliphatic rings. The molecule has 0 saturated carbocycles. The van der Waals surface area contributed by atoms with E-state index < -0.39 is 15.1 Å². The molecule has 5 rings (SSSR count). The minimum Gasteiger partial charge on any atom is -0.495 e. The standard InChI is InChI=1S/C29H37ClN6O3S/c1-19(2)40(37,38)26-9-7-6-8-23(26)32-27-22(30)14-31-28(34-27)33-24-12-20(3)21(13-25(24)39-5)10-11-36-17-29(18-36)15-35(4)16-29/h6-9,12-14,19H,10-11,15-18H2,1-5H3,(H2,31,32,33,34). The molecule has 2 N–H and O–H groups in total. The van der Waals surface area contributed by atoms with Crippen molar-refractivity contribution in [3.8, 4) is 5.75 Å². The maximum absolute atomic E-state index is 12.9. The van der Waals surface area contributed by atoms with E-state index in [9.17, 15) is 8.42 Å². The van der Waals surface area contributed by atoms with Crippen LogP contribution in [-0.4, -0.2) is 80.3 Å². The minimum atomic E-state index is -3.52. The highest BCUT2D eigenvalue weighted by Gasteiger charge is 2.49. The first-order valence-electron chi connectivity index (χ1n) is 13.5. The van der Waals surface area contributed by atoms with E-state index in [2.05, 4.69) is 50.4 Å². The zero-order valence-electron chi connectivity index (χ0n) is 23.7. The van der Waals surface area contributed by atoms with Crippen molar-refractivity contribution in [3.63, 3.8) is 0 Å². The summed E-state index contributed by atoms with van der Waals surface area (Å²) in [5, 5.41) is 6.03. The second-order valence-electron chi connectivity index (χ2n) is 11.3. The maximum atomic E-state index is 12.9. The zero-order valence-corrected chi connectivity index (χ0v) is 25.2. The lowest BCUT2D eigenvalue weighted by Gasteiger charge is -2.59. The largest absolute Gasteiger partial charge is 0.495 e. The molecule has 0 unspecified atom stereocenters. The van der Waals surface area contributed by atoms with E-state index in [1.807, 2.05) is 6.07 Å². The molecular weight excluding hydrogens is 548 g/mol. The normalized spacial score (nSPS) is 17.0. The van der Waals surface area contributed by atoms with Crippen LogP contribution in [0.25, 0.3) is 0 Å². The predicted molar refractivity (Wildman–Crippen MR) is 160 cm³/mol. The van der Waals surface area contributed by atoms with Crippen LogP contribution in [0.4, 0.5) is 23.1 Å². The number of para-hydroxylation sites is 1. The van der Waals surface area contributed by atoms with Gasteiger partial charge in [0.05, 0.1) is 34.8 Å². The molecule has 3 aromatic rings. The van der Waals surface area contributed by atoms with Crippen molar-refractivity contribution >= 4 is 44.6 Å². The molecule has 214 valence electrons. The van der Waals surface area contributed by atoms with Crippen molar-refractivity contribution in [2.75, 3.05) is 57.5 Å². The molecule has 3 heterocycles. The second kappa shape index (κ2) is 11.2. The Bertz CT molecular complexity index is 1500. The first kappa shape index (κ1) is 28.6. The van der Waals surface area contributed by atoms with Gasteiger partial charge in [0.1, 0.15) is 10.8 Å². The number of hydrogen-bond donors (Lipinski definition) is 2. The molecular formula is C29H37ClN6O3S. The molecule has 2 aliphatic heterocycles. The molecule has 2 aromatic carbocycles. The number of likely N-dealkylation sites (tertiary alicyclic amines) is 2. The number of methoxy groups -OCH3 is 1. The molecule has 0 aliphatic carbocycles. The highest BCUT2D eigenvalue weighted by Crippen LogP contribution is 2.39. The van der Waals surface area contributed by atoms with Gasteiger partial charge in [-0.15, -0.1) is 0 Å². The van der Waals surface area contributed by atoms with Crippen LogP contribution >= 0.6 is 11.6 Å². The van der Waals surface area contributed by atoms with Gasteiger partial charge < -0.3 is 25.2 Å². The number of sulfone groups is 1. The smallest absolute Gasteiger partial charge is 0.229 e. The lowest BCUT2D eigenvalue weighted by Crippen LogP contribution is -2.71. The Morgan fingerprint density at radius 3 is 2.50 bits per heavy atom. The molecule has 1 spiro atoms. The van der Waals surface area contributed by atoms with E-state index in [-0.39, 0.29) is 9.92 Å². The summed E-state index contributed by atoms with van der Waals surface area (Å²) in [6.45, 7) is 11.2. The third-order valence-electron chi connectivity index (χ3n) is 7.74. The van der Waals surface area contributed by atoms with Gasteiger partial charge in [-0.05, 0) is 69.6 Å². The average Bonchev–Trinajstić information content (AvgIpc) is 2.87. The number of benzene rings is 2. The van der Waals surface area contributed by atoms with Crippen molar-refractivity contribution in [3.05, 3.63) is 58.7 Å². The first-order chi connectivity index (χ1) is 19.0. The van der Waals surface area contributed by atoms with E-state index >= 15 is 0 Å². The summed E-state index contributed by atoms with van der Waals surface area (Å²) in [6, 6.07) is 10.8. The number of ether oxygens (including phenoxy) is 1. The predicted octanol–water partition coefficient (Wildman–Crippen LogP) is 4.91. The molecule has 0 bridgehead atoms. The fraction of sp³-hybridized carbons (Fsp3) is 0.448. The van der Waals surface area contributed by atoms with Gasteiger partial charge in [-0.1, -0.05) is 23.7 Å². The van der Waals surface area contributed by atoms with Crippen LogP contribution in [0, 0.1) is 12.3 Å². The van der Waals surface area contributed by atoms with Crippen LogP contribution in [-0.2, 0) is 16.3 Å². The van der Waals surface area contributed by atoms with Crippen molar-refractivity contribution in [1.29, 1.82) is 0 Å². The lowest BCUT2D eigenvalue weighted by atomic mass is 9.73. The van der Waals surface area contributed by atoms with Crippen LogP contribution < -0.4 is 15.4 Å². The number of hydrogen-bond acceptors (Lipinski definition) is 9. The van der Waals surface area contributed by atoms with E-state index in [4.69, 9.17) is 16.3 Å². The third kappa shape index (κ3) is 5.76.